The van der Waals surface area contributed by atoms with Crippen molar-refractivity contribution in [3.05, 3.63) is 84.8 Å². The van der Waals surface area contributed by atoms with Gasteiger partial charge in [-0.2, -0.15) is 5.26 Å². The zero-order chi connectivity index (χ0) is 23.2. The molecule has 4 aromatic rings. The van der Waals surface area contributed by atoms with Gasteiger partial charge in [0.15, 0.2) is 0 Å². The molecular formula is C26H22N6O2. The molecule has 8 heteroatoms. The molecular weight excluding hydrogens is 428 g/mol. The van der Waals surface area contributed by atoms with Crippen LogP contribution in [0.5, 0.6) is 11.5 Å². The minimum atomic E-state index is 0.418. The Kier molecular flexibility index (Phi) is 6.27. The molecule has 3 heterocycles. The van der Waals surface area contributed by atoms with Gasteiger partial charge in [0.25, 0.3) is 0 Å². The molecule has 0 unspecified atom stereocenters. The molecule has 168 valence electrons. The molecule has 0 atom stereocenters. The van der Waals surface area contributed by atoms with Gasteiger partial charge < -0.3 is 19.7 Å². The highest BCUT2D eigenvalue weighted by Crippen LogP contribution is 2.29. The van der Waals surface area contributed by atoms with Crippen LogP contribution in [-0.4, -0.2) is 41.3 Å². The smallest absolute Gasteiger partial charge is 0.227 e. The Morgan fingerprint density at radius 3 is 2.50 bits per heavy atom. The van der Waals surface area contributed by atoms with E-state index in [1.54, 1.807) is 42.9 Å². The van der Waals surface area contributed by atoms with Crippen molar-refractivity contribution in [3.63, 3.8) is 0 Å². The van der Waals surface area contributed by atoms with Gasteiger partial charge in [-0.15, -0.1) is 0 Å². The van der Waals surface area contributed by atoms with Crippen LogP contribution in [0, 0.1) is 11.3 Å². The summed E-state index contributed by atoms with van der Waals surface area (Å²) in [5.41, 5.74) is 3.98. The third-order valence-electron chi connectivity index (χ3n) is 5.43. The summed E-state index contributed by atoms with van der Waals surface area (Å²) >= 11 is 0. The van der Waals surface area contributed by atoms with Crippen LogP contribution in [0.1, 0.15) is 5.56 Å². The predicted molar refractivity (Wildman–Crippen MR) is 129 cm³/mol. The summed E-state index contributed by atoms with van der Waals surface area (Å²) in [6.45, 7) is 3.31. The number of nitrogens with zero attached hydrogens (tertiary/aromatic N) is 5. The van der Waals surface area contributed by atoms with Crippen LogP contribution in [0.15, 0.2) is 79.3 Å². The first-order valence-corrected chi connectivity index (χ1v) is 10.9. The predicted octanol–water partition coefficient (Wildman–Crippen LogP) is 4.78. The van der Waals surface area contributed by atoms with E-state index >= 15 is 0 Å². The van der Waals surface area contributed by atoms with Gasteiger partial charge >= 0.3 is 0 Å². The molecule has 8 nitrogen and oxygen atoms in total. The van der Waals surface area contributed by atoms with Crippen LogP contribution in [0.25, 0.3) is 11.3 Å². The zero-order valence-corrected chi connectivity index (χ0v) is 18.4. The van der Waals surface area contributed by atoms with Crippen molar-refractivity contribution < 1.29 is 9.47 Å². The third-order valence-corrected chi connectivity index (χ3v) is 5.43. The summed E-state index contributed by atoms with van der Waals surface area (Å²) in [5, 5.41) is 12.9. The van der Waals surface area contributed by atoms with Gasteiger partial charge in [0.1, 0.15) is 17.6 Å². The summed E-state index contributed by atoms with van der Waals surface area (Å²) in [6, 6.07) is 21.1. The van der Waals surface area contributed by atoms with E-state index in [1.165, 1.54) is 5.69 Å². The van der Waals surface area contributed by atoms with Crippen molar-refractivity contribution in [1.82, 2.24) is 15.0 Å². The minimum Gasteiger partial charge on any atom is -0.456 e. The second kappa shape index (κ2) is 9.98. The lowest BCUT2D eigenvalue weighted by molar-refractivity contribution is 0.122. The number of aromatic nitrogens is 3. The third kappa shape index (κ3) is 4.95. The molecule has 0 aliphatic carbocycles. The first-order chi connectivity index (χ1) is 16.8. The van der Waals surface area contributed by atoms with Crippen molar-refractivity contribution in [2.75, 3.05) is 36.5 Å². The van der Waals surface area contributed by atoms with E-state index in [1.807, 2.05) is 24.3 Å². The fraction of sp³-hybridized carbons (Fsp3) is 0.154. The lowest BCUT2D eigenvalue weighted by atomic mass is 10.1. The van der Waals surface area contributed by atoms with Crippen molar-refractivity contribution in [2.45, 2.75) is 0 Å². The van der Waals surface area contributed by atoms with Crippen molar-refractivity contribution in [3.8, 4) is 28.8 Å². The Bertz CT molecular complexity index is 1300. The number of hydrogen-bond donors (Lipinski definition) is 1. The van der Waals surface area contributed by atoms with Crippen LogP contribution in [0.3, 0.4) is 0 Å². The molecule has 34 heavy (non-hydrogen) atoms. The molecule has 1 fully saturated rings. The quantitative estimate of drug-likeness (QED) is 0.448. The second-order valence-corrected chi connectivity index (χ2v) is 7.64. The maximum Gasteiger partial charge on any atom is 0.227 e. The van der Waals surface area contributed by atoms with E-state index in [0.29, 0.717) is 28.7 Å². The number of nitrogens with one attached hydrogen (secondary N) is 1. The molecule has 5 rings (SSSR count). The first-order valence-electron chi connectivity index (χ1n) is 10.9. The normalized spacial score (nSPS) is 13.2. The molecule has 1 N–H and O–H groups in total. The van der Waals surface area contributed by atoms with E-state index < -0.39 is 0 Å². The molecule has 0 spiro atoms. The number of morpholine rings is 1. The van der Waals surface area contributed by atoms with E-state index in [9.17, 15) is 5.26 Å². The highest BCUT2D eigenvalue weighted by atomic mass is 16.5. The molecule has 0 amide bonds. The van der Waals surface area contributed by atoms with Crippen molar-refractivity contribution >= 4 is 17.3 Å². The van der Waals surface area contributed by atoms with Gasteiger partial charge in [-0.3, -0.25) is 4.98 Å². The summed E-state index contributed by atoms with van der Waals surface area (Å²) in [4.78, 5) is 15.3. The standard InChI is InChI=1S/C26H22N6O2/c27-18-20-17-19(1-6-25(20)34-23-7-10-28-11-8-23)24-9-12-29-26(31-24)30-21-2-4-22(5-3-21)32-13-15-33-16-14-32/h1-12,17H,13-16H2,(H,29,30,31). The Morgan fingerprint density at radius 1 is 0.941 bits per heavy atom. The molecule has 0 bridgehead atoms. The van der Waals surface area contributed by atoms with Gasteiger partial charge in [-0.25, -0.2) is 9.97 Å². The maximum absolute atomic E-state index is 9.64. The summed E-state index contributed by atoms with van der Waals surface area (Å²) in [7, 11) is 0. The molecule has 0 saturated carbocycles. The Hall–Kier alpha value is -4.48. The van der Waals surface area contributed by atoms with E-state index in [-0.39, 0.29) is 0 Å². The van der Waals surface area contributed by atoms with Gasteiger partial charge in [-0.1, -0.05) is 0 Å². The topological polar surface area (TPSA) is 96.2 Å². The number of nitriles is 1. The van der Waals surface area contributed by atoms with Crippen LogP contribution in [-0.2, 0) is 4.74 Å². The van der Waals surface area contributed by atoms with E-state index in [4.69, 9.17) is 9.47 Å². The van der Waals surface area contributed by atoms with Crippen LogP contribution < -0.4 is 15.0 Å². The summed E-state index contributed by atoms with van der Waals surface area (Å²) < 4.78 is 11.3. The molecule has 2 aromatic carbocycles. The molecule has 1 saturated heterocycles. The maximum atomic E-state index is 9.64. The van der Waals surface area contributed by atoms with Gasteiger partial charge in [0.05, 0.1) is 24.5 Å². The second-order valence-electron chi connectivity index (χ2n) is 7.64. The average Bonchev–Trinajstić information content (AvgIpc) is 2.91. The number of rotatable bonds is 6. The van der Waals surface area contributed by atoms with Crippen LogP contribution in [0.2, 0.25) is 0 Å². The molecule has 1 aliphatic rings. The van der Waals surface area contributed by atoms with Gasteiger partial charge in [0, 0.05) is 48.6 Å². The lowest BCUT2D eigenvalue weighted by Crippen LogP contribution is -2.36. The number of anilines is 3. The van der Waals surface area contributed by atoms with Crippen molar-refractivity contribution in [1.29, 1.82) is 5.26 Å². The fourth-order valence-corrected chi connectivity index (χ4v) is 3.68. The Labute approximate surface area is 197 Å². The zero-order valence-electron chi connectivity index (χ0n) is 18.4. The van der Waals surface area contributed by atoms with Crippen LogP contribution >= 0.6 is 0 Å². The number of hydrogen-bond acceptors (Lipinski definition) is 8. The fourth-order valence-electron chi connectivity index (χ4n) is 3.68. The summed E-state index contributed by atoms with van der Waals surface area (Å²) in [5.74, 6) is 1.57. The summed E-state index contributed by atoms with van der Waals surface area (Å²) in [6.07, 6.45) is 4.98. The monoisotopic (exact) mass is 450 g/mol. The van der Waals surface area contributed by atoms with Crippen molar-refractivity contribution in [2.24, 2.45) is 0 Å². The van der Waals surface area contributed by atoms with E-state index in [0.717, 1.165) is 37.6 Å². The van der Waals surface area contributed by atoms with Gasteiger partial charge in [-0.05, 0) is 60.7 Å². The van der Waals surface area contributed by atoms with Gasteiger partial charge in [0.2, 0.25) is 5.95 Å². The van der Waals surface area contributed by atoms with Crippen LogP contribution in [0.4, 0.5) is 17.3 Å². The first kappa shape index (κ1) is 21.4. The largest absolute Gasteiger partial charge is 0.456 e. The lowest BCUT2D eigenvalue weighted by Gasteiger charge is -2.28. The highest BCUT2D eigenvalue weighted by molar-refractivity contribution is 5.66. The number of benzene rings is 2. The molecule has 2 aromatic heterocycles. The molecule has 0 radical (unpaired) electrons. The SMILES string of the molecule is N#Cc1cc(-c2ccnc(Nc3ccc(N4CCOCC4)cc3)n2)ccc1Oc1ccncc1. The molecule has 1 aliphatic heterocycles. The Balaban J connectivity index is 1.32. The average molecular weight is 451 g/mol. The number of ether oxygens (including phenoxy) is 2. The Morgan fingerprint density at radius 2 is 1.74 bits per heavy atom. The minimum absolute atomic E-state index is 0.418. The van der Waals surface area contributed by atoms with E-state index in [2.05, 4.69) is 43.4 Å². The number of pyridine rings is 1. The highest BCUT2D eigenvalue weighted by Gasteiger charge is 2.12.